The number of methoxy groups -OCH3 is 1. The van der Waals surface area contributed by atoms with Gasteiger partial charge in [-0.2, -0.15) is 0 Å². The third-order valence-corrected chi connectivity index (χ3v) is 3.12. The molecule has 0 aliphatic carbocycles. The van der Waals surface area contributed by atoms with Gasteiger partial charge in [0.15, 0.2) is 11.6 Å². The molecular weight excluding hydrogens is 257 g/mol. The van der Waals surface area contributed by atoms with Gasteiger partial charge in [-0.25, -0.2) is 9.07 Å². The molecule has 0 aliphatic heterocycles. The maximum absolute atomic E-state index is 13.6. The predicted molar refractivity (Wildman–Crippen MR) is 66.8 cm³/mol. The van der Waals surface area contributed by atoms with Crippen molar-refractivity contribution < 1.29 is 9.13 Å². The first-order chi connectivity index (χ1) is 8.65. The molecule has 0 bridgehead atoms. The van der Waals surface area contributed by atoms with Gasteiger partial charge in [0, 0.05) is 6.07 Å². The van der Waals surface area contributed by atoms with Gasteiger partial charge in [-0.1, -0.05) is 12.1 Å². The predicted octanol–water partition coefficient (Wildman–Crippen LogP) is 3.10. The Hall–Kier alpha value is -1.62. The van der Waals surface area contributed by atoms with Crippen molar-refractivity contribution in [3.05, 3.63) is 35.9 Å². The second-order valence-corrected chi connectivity index (χ2v) is 4.31. The number of rotatable bonds is 4. The molecule has 2 rings (SSSR count). The average molecular weight is 270 g/mol. The summed E-state index contributed by atoms with van der Waals surface area (Å²) in [5.41, 5.74) is 1.25. The molecule has 0 amide bonds. The molecule has 2 aromatic rings. The molecule has 1 aromatic heterocycles. The molecule has 0 saturated heterocycles. The highest BCUT2D eigenvalue weighted by molar-refractivity contribution is 6.20. The number of aromatic nitrogens is 3. The van der Waals surface area contributed by atoms with Crippen molar-refractivity contribution in [1.29, 1.82) is 0 Å². The summed E-state index contributed by atoms with van der Waals surface area (Å²) in [5.74, 6) is -0.243. The number of ether oxygens (including phenoxy) is 1. The Morgan fingerprint density at radius 1 is 1.50 bits per heavy atom. The molecule has 1 heterocycles. The number of benzene rings is 1. The molecule has 4 nitrogen and oxygen atoms in total. The molecule has 0 N–H and O–H groups in total. The Bertz CT molecular complexity index is 544. The molecule has 0 spiro atoms. The van der Waals surface area contributed by atoms with Gasteiger partial charge in [-0.05, 0) is 18.6 Å². The highest BCUT2D eigenvalue weighted by atomic mass is 35.5. The Morgan fingerprint density at radius 2 is 2.28 bits per heavy atom. The van der Waals surface area contributed by atoms with E-state index in [9.17, 15) is 4.39 Å². The number of hydrogen-bond acceptors (Lipinski definition) is 3. The van der Waals surface area contributed by atoms with Crippen molar-refractivity contribution in [2.24, 2.45) is 0 Å². The number of nitrogens with zero attached hydrogens (tertiary/aromatic N) is 3. The maximum atomic E-state index is 13.6. The van der Waals surface area contributed by atoms with Crippen molar-refractivity contribution in [1.82, 2.24) is 15.0 Å². The first-order valence-corrected chi connectivity index (χ1v) is 5.99. The van der Waals surface area contributed by atoms with Gasteiger partial charge in [0.2, 0.25) is 0 Å². The molecule has 1 aromatic carbocycles. The molecule has 0 radical (unpaired) electrons. The zero-order valence-corrected chi connectivity index (χ0v) is 10.9. The zero-order chi connectivity index (χ0) is 13.1. The van der Waals surface area contributed by atoms with Gasteiger partial charge in [0.1, 0.15) is 5.69 Å². The van der Waals surface area contributed by atoms with Gasteiger partial charge >= 0.3 is 0 Å². The molecule has 0 saturated carbocycles. The molecule has 96 valence electrons. The van der Waals surface area contributed by atoms with E-state index in [1.54, 1.807) is 18.3 Å². The summed E-state index contributed by atoms with van der Waals surface area (Å²) in [6.45, 7) is 1.96. The molecule has 1 atom stereocenters. The van der Waals surface area contributed by atoms with E-state index >= 15 is 0 Å². The van der Waals surface area contributed by atoms with Crippen molar-refractivity contribution in [3.8, 4) is 11.4 Å². The van der Waals surface area contributed by atoms with Crippen LogP contribution in [-0.2, 0) is 0 Å². The summed E-state index contributed by atoms with van der Waals surface area (Å²) in [7, 11) is 1.42. The van der Waals surface area contributed by atoms with Crippen LogP contribution in [0.15, 0.2) is 24.4 Å². The van der Waals surface area contributed by atoms with E-state index in [0.717, 1.165) is 6.42 Å². The molecule has 6 heteroatoms. The molecule has 18 heavy (non-hydrogen) atoms. The van der Waals surface area contributed by atoms with Crippen LogP contribution in [-0.4, -0.2) is 22.1 Å². The lowest BCUT2D eigenvalue weighted by Crippen LogP contribution is -1.97. The fourth-order valence-electron chi connectivity index (χ4n) is 1.55. The van der Waals surface area contributed by atoms with Crippen molar-refractivity contribution in [2.75, 3.05) is 7.11 Å². The van der Waals surface area contributed by atoms with Crippen LogP contribution in [0.1, 0.15) is 24.4 Å². The Balaban J connectivity index is 2.31. The fraction of sp³-hybridized carbons (Fsp3) is 0.333. The van der Waals surface area contributed by atoms with E-state index < -0.39 is 5.82 Å². The van der Waals surface area contributed by atoms with E-state index in [-0.39, 0.29) is 11.1 Å². The van der Waals surface area contributed by atoms with Gasteiger partial charge in [0.25, 0.3) is 0 Å². The number of hydrogen-bond donors (Lipinski definition) is 0. The van der Waals surface area contributed by atoms with Crippen molar-refractivity contribution in [3.63, 3.8) is 0 Å². The Labute approximate surface area is 109 Å². The van der Waals surface area contributed by atoms with Gasteiger partial charge in [0.05, 0.1) is 24.4 Å². The average Bonchev–Trinajstić information content (AvgIpc) is 2.87. The quantitative estimate of drug-likeness (QED) is 0.801. The summed E-state index contributed by atoms with van der Waals surface area (Å²) >= 11 is 6.06. The van der Waals surface area contributed by atoms with Crippen molar-refractivity contribution in [2.45, 2.75) is 18.7 Å². The first-order valence-electron chi connectivity index (χ1n) is 5.56. The van der Waals surface area contributed by atoms with Gasteiger partial charge in [-0.15, -0.1) is 16.7 Å². The highest BCUT2D eigenvalue weighted by Crippen LogP contribution is 2.23. The van der Waals surface area contributed by atoms with E-state index in [1.165, 1.54) is 17.9 Å². The van der Waals surface area contributed by atoms with Crippen LogP contribution in [0.25, 0.3) is 5.69 Å². The minimum Gasteiger partial charge on any atom is -0.494 e. The normalized spacial score (nSPS) is 12.4. The van der Waals surface area contributed by atoms with E-state index in [0.29, 0.717) is 11.4 Å². The Kier molecular flexibility index (Phi) is 3.81. The van der Waals surface area contributed by atoms with Crippen LogP contribution in [0, 0.1) is 5.82 Å². The third kappa shape index (κ3) is 2.46. The Morgan fingerprint density at radius 3 is 2.89 bits per heavy atom. The topological polar surface area (TPSA) is 39.9 Å². The van der Waals surface area contributed by atoms with Crippen LogP contribution in [0.4, 0.5) is 4.39 Å². The molecule has 0 aliphatic rings. The van der Waals surface area contributed by atoms with E-state index in [1.807, 2.05) is 6.92 Å². The number of alkyl halides is 1. The molecular formula is C12H13ClFN3O. The summed E-state index contributed by atoms with van der Waals surface area (Å²) in [6, 6.07) is 4.59. The minimum atomic E-state index is -0.440. The van der Waals surface area contributed by atoms with Gasteiger partial charge in [-0.3, -0.25) is 0 Å². The standard InChI is InChI=1S/C12H13ClFN3O/c1-3-9(13)11-7-17(16-15-11)8-4-5-12(18-2)10(14)6-8/h4-7,9H,3H2,1-2H3. The zero-order valence-electron chi connectivity index (χ0n) is 10.1. The fourth-order valence-corrected chi connectivity index (χ4v) is 1.65. The smallest absolute Gasteiger partial charge is 0.167 e. The summed E-state index contributed by atoms with van der Waals surface area (Å²) in [6.07, 6.45) is 2.46. The van der Waals surface area contributed by atoms with E-state index in [4.69, 9.17) is 16.3 Å². The third-order valence-electron chi connectivity index (χ3n) is 2.59. The van der Waals surface area contributed by atoms with Gasteiger partial charge < -0.3 is 4.74 Å². The largest absolute Gasteiger partial charge is 0.494 e. The van der Waals surface area contributed by atoms with Crippen LogP contribution < -0.4 is 4.74 Å². The van der Waals surface area contributed by atoms with Crippen LogP contribution in [0.3, 0.4) is 0 Å². The minimum absolute atomic E-state index is 0.179. The van der Waals surface area contributed by atoms with Crippen LogP contribution >= 0.6 is 11.6 Å². The summed E-state index contributed by atoms with van der Waals surface area (Å²) in [4.78, 5) is 0. The van der Waals surface area contributed by atoms with E-state index in [2.05, 4.69) is 10.3 Å². The second kappa shape index (κ2) is 5.35. The van der Waals surface area contributed by atoms with Crippen LogP contribution in [0.2, 0.25) is 0 Å². The second-order valence-electron chi connectivity index (χ2n) is 3.78. The summed E-state index contributed by atoms with van der Waals surface area (Å²) in [5, 5.41) is 7.71. The number of halogens is 2. The van der Waals surface area contributed by atoms with Crippen molar-refractivity contribution >= 4 is 11.6 Å². The lowest BCUT2D eigenvalue weighted by atomic mass is 10.2. The lowest BCUT2D eigenvalue weighted by molar-refractivity contribution is 0.386. The maximum Gasteiger partial charge on any atom is 0.167 e. The molecule has 0 fully saturated rings. The van der Waals surface area contributed by atoms with Crippen LogP contribution in [0.5, 0.6) is 5.75 Å². The molecule has 1 unspecified atom stereocenters. The lowest BCUT2D eigenvalue weighted by Gasteiger charge is -2.04. The summed E-state index contributed by atoms with van der Waals surface area (Å²) < 4.78 is 19.9. The highest BCUT2D eigenvalue weighted by Gasteiger charge is 2.12. The first kappa shape index (κ1) is 12.8. The SMILES string of the molecule is CCC(Cl)c1cn(-c2ccc(OC)c(F)c2)nn1. The monoisotopic (exact) mass is 269 g/mol.